The van der Waals surface area contributed by atoms with Gasteiger partial charge in [-0.25, -0.2) is 0 Å². The Balaban J connectivity index is 1.81. The molecule has 0 unspecified atom stereocenters. The summed E-state index contributed by atoms with van der Waals surface area (Å²) in [7, 11) is 2.02. The summed E-state index contributed by atoms with van der Waals surface area (Å²) in [5, 5.41) is 6.48. The SMILES string of the molecule is CNC1CCC(NC(=O)Cc2ccccc2C)CC1. The van der Waals surface area contributed by atoms with Crippen LogP contribution in [-0.4, -0.2) is 25.0 Å². The molecule has 1 saturated carbocycles. The van der Waals surface area contributed by atoms with Gasteiger partial charge in [-0.15, -0.1) is 0 Å². The van der Waals surface area contributed by atoms with Crippen LogP contribution in [0.25, 0.3) is 0 Å². The molecule has 104 valence electrons. The van der Waals surface area contributed by atoms with E-state index in [-0.39, 0.29) is 5.91 Å². The van der Waals surface area contributed by atoms with E-state index < -0.39 is 0 Å². The molecule has 1 aliphatic carbocycles. The number of hydrogen-bond donors (Lipinski definition) is 2. The second-order valence-corrected chi connectivity index (χ2v) is 5.51. The topological polar surface area (TPSA) is 41.1 Å². The zero-order valence-corrected chi connectivity index (χ0v) is 11.9. The first-order chi connectivity index (χ1) is 9.19. The van der Waals surface area contributed by atoms with E-state index >= 15 is 0 Å². The lowest BCUT2D eigenvalue weighted by Gasteiger charge is -2.28. The van der Waals surface area contributed by atoms with E-state index in [1.807, 2.05) is 25.2 Å². The predicted octanol–water partition coefficient (Wildman–Crippen LogP) is 2.18. The fourth-order valence-electron chi connectivity index (χ4n) is 2.79. The van der Waals surface area contributed by atoms with Crippen molar-refractivity contribution < 1.29 is 4.79 Å². The van der Waals surface area contributed by atoms with Gasteiger partial charge in [-0.3, -0.25) is 4.79 Å². The molecule has 1 amide bonds. The van der Waals surface area contributed by atoms with Crippen LogP contribution in [0.1, 0.15) is 36.8 Å². The zero-order valence-electron chi connectivity index (χ0n) is 11.9. The van der Waals surface area contributed by atoms with Crippen molar-refractivity contribution in [2.24, 2.45) is 0 Å². The molecule has 2 N–H and O–H groups in total. The Morgan fingerprint density at radius 3 is 2.42 bits per heavy atom. The Bertz CT molecular complexity index is 423. The van der Waals surface area contributed by atoms with Gasteiger partial charge in [-0.1, -0.05) is 24.3 Å². The second kappa shape index (κ2) is 6.71. The molecule has 0 bridgehead atoms. The first-order valence-corrected chi connectivity index (χ1v) is 7.20. The molecule has 1 aliphatic rings. The molecule has 3 nitrogen and oxygen atoms in total. The van der Waals surface area contributed by atoms with Crippen molar-refractivity contribution in [2.75, 3.05) is 7.05 Å². The Morgan fingerprint density at radius 2 is 1.79 bits per heavy atom. The summed E-state index contributed by atoms with van der Waals surface area (Å²) in [5.74, 6) is 0.155. The standard InChI is InChI=1S/C16H24N2O/c1-12-5-3-4-6-13(12)11-16(19)18-15-9-7-14(17-2)8-10-15/h3-6,14-15,17H,7-11H2,1-2H3,(H,18,19). The lowest BCUT2D eigenvalue weighted by molar-refractivity contribution is -0.121. The maximum Gasteiger partial charge on any atom is 0.224 e. The third-order valence-corrected chi connectivity index (χ3v) is 4.11. The van der Waals surface area contributed by atoms with Crippen molar-refractivity contribution in [1.82, 2.24) is 10.6 Å². The molecule has 0 heterocycles. The Kier molecular flexibility index (Phi) is 4.97. The average molecular weight is 260 g/mol. The fourth-order valence-corrected chi connectivity index (χ4v) is 2.79. The highest BCUT2D eigenvalue weighted by Gasteiger charge is 2.21. The van der Waals surface area contributed by atoms with Crippen molar-refractivity contribution in [2.45, 2.75) is 51.1 Å². The number of aryl methyl sites for hydroxylation is 1. The van der Waals surface area contributed by atoms with Crippen molar-refractivity contribution in [3.63, 3.8) is 0 Å². The highest BCUT2D eigenvalue weighted by atomic mass is 16.1. The number of nitrogens with one attached hydrogen (secondary N) is 2. The normalized spacial score (nSPS) is 23.1. The Morgan fingerprint density at radius 1 is 1.16 bits per heavy atom. The van der Waals surface area contributed by atoms with E-state index in [1.165, 1.54) is 5.56 Å². The van der Waals surface area contributed by atoms with Gasteiger partial charge in [-0.05, 0) is 50.8 Å². The minimum atomic E-state index is 0.155. The molecule has 1 aromatic carbocycles. The van der Waals surface area contributed by atoms with Crippen LogP contribution in [-0.2, 0) is 11.2 Å². The van der Waals surface area contributed by atoms with E-state index in [9.17, 15) is 4.79 Å². The molecule has 0 saturated heterocycles. The molecule has 3 heteroatoms. The average Bonchev–Trinajstić information content (AvgIpc) is 2.42. The van der Waals surface area contributed by atoms with Gasteiger partial charge in [0.25, 0.3) is 0 Å². The molecule has 0 radical (unpaired) electrons. The minimum absolute atomic E-state index is 0.155. The smallest absolute Gasteiger partial charge is 0.224 e. The number of amides is 1. The summed E-state index contributed by atoms with van der Waals surface area (Å²) in [6.07, 6.45) is 4.99. The van der Waals surface area contributed by atoms with Crippen LogP contribution in [0.3, 0.4) is 0 Å². The fraction of sp³-hybridized carbons (Fsp3) is 0.562. The van der Waals surface area contributed by atoms with Crippen LogP contribution in [0.4, 0.5) is 0 Å². The summed E-state index contributed by atoms with van der Waals surface area (Å²) < 4.78 is 0. The van der Waals surface area contributed by atoms with Gasteiger partial charge in [0.15, 0.2) is 0 Å². The summed E-state index contributed by atoms with van der Waals surface area (Å²) in [5.41, 5.74) is 2.32. The van der Waals surface area contributed by atoms with Gasteiger partial charge < -0.3 is 10.6 Å². The molecule has 0 atom stereocenters. The maximum absolute atomic E-state index is 12.1. The number of rotatable bonds is 4. The maximum atomic E-state index is 12.1. The van der Waals surface area contributed by atoms with Gasteiger partial charge in [0.2, 0.25) is 5.91 Å². The zero-order chi connectivity index (χ0) is 13.7. The number of carbonyl (C=O) groups excluding carboxylic acids is 1. The van der Waals surface area contributed by atoms with Crippen molar-refractivity contribution in [3.8, 4) is 0 Å². The lowest BCUT2D eigenvalue weighted by atomic mass is 9.91. The summed E-state index contributed by atoms with van der Waals surface area (Å²) in [6, 6.07) is 9.09. The van der Waals surface area contributed by atoms with Crippen LogP contribution >= 0.6 is 0 Å². The molecule has 2 rings (SSSR count). The Labute approximate surface area is 115 Å². The monoisotopic (exact) mass is 260 g/mol. The van der Waals surface area contributed by atoms with Crippen molar-refractivity contribution in [3.05, 3.63) is 35.4 Å². The van der Waals surface area contributed by atoms with E-state index in [0.717, 1.165) is 31.2 Å². The highest BCUT2D eigenvalue weighted by molar-refractivity contribution is 5.79. The van der Waals surface area contributed by atoms with Crippen LogP contribution in [0.2, 0.25) is 0 Å². The van der Waals surface area contributed by atoms with E-state index in [2.05, 4.69) is 23.6 Å². The minimum Gasteiger partial charge on any atom is -0.353 e. The lowest BCUT2D eigenvalue weighted by Crippen LogP contribution is -2.41. The molecule has 1 aromatic rings. The number of carbonyl (C=O) groups is 1. The van der Waals surface area contributed by atoms with Gasteiger partial charge in [-0.2, -0.15) is 0 Å². The van der Waals surface area contributed by atoms with Crippen LogP contribution < -0.4 is 10.6 Å². The molecular weight excluding hydrogens is 236 g/mol. The highest BCUT2D eigenvalue weighted by Crippen LogP contribution is 2.18. The van der Waals surface area contributed by atoms with Gasteiger partial charge in [0.05, 0.1) is 6.42 Å². The Hall–Kier alpha value is -1.35. The molecular formula is C16H24N2O. The summed E-state index contributed by atoms with van der Waals surface area (Å²) >= 11 is 0. The van der Waals surface area contributed by atoms with Crippen molar-refractivity contribution in [1.29, 1.82) is 0 Å². The first-order valence-electron chi connectivity index (χ1n) is 7.20. The molecule has 0 spiro atoms. The predicted molar refractivity (Wildman–Crippen MR) is 78.1 cm³/mol. The molecule has 0 aromatic heterocycles. The van der Waals surface area contributed by atoms with E-state index in [1.54, 1.807) is 0 Å². The van der Waals surface area contributed by atoms with E-state index in [0.29, 0.717) is 18.5 Å². The van der Waals surface area contributed by atoms with Crippen LogP contribution in [0, 0.1) is 6.92 Å². The van der Waals surface area contributed by atoms with Gasteiger partial charge in [0.1, 0.15) is 0 Å². The number of hydrogen-bond acceptors (Lipinski definition) is 2. The van der Waals surface area contributed by atoms with Crippen LogP contribution in [0.5, 0.6) is 0 Å². The van der Waals surface area contributed by atoms with Crippen LogP contribution in [0.15, 0.2) is 24.3 Å². The molecule has 19 heavy (non-hydrogen) atoms. The number of benzene rings is 1. The summed E-state index contributed by atoms with van der Waals surface area (Å²) in [6.45, 7) is 2.06. The second-order valence-electron chi connectivity index (χ2n) is 5.51. The quantitative estimate of drug-likeness (QED) is 0.871. The van der Waals surface area contributed by atoms with Gasteiger partial charge >= 0.3 is 0 Å². The largest absolute Gasteiger partial charge is 0.353 e. The van der Waals surface area contributed by atoms with Gasteiger partial charge in [0, 0.05) is 12.1 Å². The first kappa shape index (κ1) is 14.1. The molecule has 0 aliphatic heterocycles. The van der Waals surface area contributed by atoms with Crippen molar-refractivity contribution >= 4 is 5.91 Å². The third-order valence-electron chi connectivity index (χ3n) is 4.11. The molecule has 1 fully saturated rings. The van der Waals surface area contributed by atoms with E-state index in [4.69, 9.17) is 0 Å². The summed E-state index contributed by atoms with van der Waals surface area (Å²) in [4.78, 5) is 12.1. The third kappa shape index (κ3) is 4.06.